The highest BCUT2D eigenvalue weighted by Gasteiger charge is 2.32. The molecule has 1 aromatic carbocycles. The molecule has 0 spiro atoms. The van der Waals surface area contributed by atoms with Gasteiger partial charge in [-0.25, -0.2) is 0 Å². The fourth-order valence-electron chi connectivity index (χ4n) is 3.16. The van der Waals surface area contributed by atoms with Gasteiger partial charge in [-0.3, -0.25) is 4.90 Å². The standard InChI is InChI=1S/C17H28N2O/c1-18(2)11-12-19(3)16-13-15(9-10-17(16)20)14-7-5-4-6-8-14/h4-8,15-17,20H,9-13H2,1-3H3. The first-order chi connectivity index (χ1) is 9.58. The summed E-state index contributed by atoms with van der Waals surface area (Å²) in [5, 5.41) is 10.3. The van der Waals surface area contributed by atoms with Crippen LogP contribution in [0.5, 0.6) is 0 Å². The van der Waals surface area contributed by atoms with Gasteiger partial charge in [0, 0.05) is 19.1 Å². The third-order valence-electron chi connectivity index (χ3n) is 4.52. The van der Waals surface area contributed by atoms with E-state index >= 15 is 0 Å². The Balaban J connectivity index is 1.97. The van der Waals surface area contributed by atoms with Gasteiger partial charge in [0.15, 0.2) is 0 Å². The van der Waals surface area contributed by atoms with Crippen molar-refractivity contribution in [2.45, 2.75) is 37.3 Å². The molecule has 0 amide bonds. The minimum atomic E-state index is -0.179. The van der Waals surface area contributed by atoms with Crippen LogP contribution >= 0.6 is 0 Å². The molecule has 1 aliphatic carbocycles. The third-order valence-corrected chi connectivity index (χ3v) is 4.52. The third kappa shape index (κ3) is 4.05. The van der Waals surface area contributed by atoms with E-state index in [4.69, 9.17) is 0 Å². The van der Waals surface area contributed by atoms with Crippen LogP contribution in [0.1, 0.15) is 30.7 Å². The first-order valence-electron chi connectivity index (χ1n) is 7.66. The van der Waals surface area contributed by atoms with E-state index in [1.807, 2.05) is 0 Å². The van der Waals surface area contributed by atoms with Gasteiger partial charge in [0.25, 0.3) is 0 Å². The second-order valence-corrected chi connectivity index (χ2v) is 6.34. The highest BCUT2D eigenvalue weighted by atomic mass is 16.3. The van der Waals surface area contributed by atoms with Crippen LogP contribution in [0, 0.1) is 0 Å². The van der Waals surface area contributed by atoms with E-state index in [0.29, 0.717) is 5.92 Å². The van der Waals surface area contributed by atoms with E-state index in [1.54, 1.807) is 0 Å². The summed E-state index contributed by atoms with van der Waals surface area (Å²) >= 11 is 0. The van der Waals surface area contributed by atoms with Gasteiger partial charge < -0.3 is 10.0 Å². The summed E-state index contributed by atoms with van der Waals surface area (Å²) in [6.45, 7) is 2.05. The molecule has 3 unspecified atom stereocenters. The Morgan fingerprint density at radius 1 is 1.05 bits per heavy atom. The first-order valence-corrected chi connectivity index (χ1v) is 7.66. The second kappa shape index (κ2) is 7.21. The molecule has 1 fully saturated rings. The van der Waals surface area contributed by atoms with Crippen LogP contribution in [0.2, 0.25) is 0 Å². The summed E-state index contributed by atoms with van der Waals surface area (Å²) in [5.41, 5.74) is 1.42. The largest absolute Gasteiger partial charge is 0.391 e. The van der Waals surface area contributed by atoms with Crippen molar-refractivity contribution in [2.75, 3.05) is 34.2 Å². The molecule has 0 aromatic heterocycles. The van der Waals surface area contributed by atoms with Crippen LogP contribution in [0.15, 0.2) is 30.3 Å². The predicted octanol–water partition coefficient (Wildman–Crippen LogP) is 2.18. The molecule has 3 atom stereocenters. The number of benzene rings is 1. The number of rotatable bonds is 5. The molecular formula is C17H28N2O. The lowest BCUT2D eigenvalue weighted by Gasteiger charge is -2.39. The Labute approximate surface area is 123 Å². The second-order valence-electron chi connectivity index (χ2n) is 6.34. The SMILES string of the molecule is CN(C)CCN(C)C1CC(c2ccccc2)CCC1O. The highest BCUT2D eigenvalue weighted by molar-refractivity contribution is 5.20. The lowest BCUT2D eigenvalue weighted by atomic mass is 9.79. The van der Waals surface area contributed by atoms with Gasteiger partial charge in [0.05, 0.1) is 6.10 Å². The van der Waals surface area contributed by atoms with Crippen molar-refractivity contribution in [3.05, 3.63) is 35.9 Å². The van der Waals surface area contributed by atoms with Crippen LogP contribution in [0.3, 0.4) is 0 Å². The van der Waals surface area contributed by atoms with Crippen molar-refractivity contribution in [3.63, 3.8) is 0 Å². The number of likely N-dealkylation sites (N-methyl/N-ethyl adjacent to an activating group) is 2. The summed E-state index contributed by atoms with van der Waals surface area (Å²) in [4.78, 5) is 4.53. The first kappa shape index (κ1) is 15.5. The van der Waals surface area contributed by atoms with Gasteiger partial charge in [0.2, 0.25) is 0 Å². The number of nitrogens with zero attached hydrogens (tertiary/aromatic N) is 2. The molecule has 0 radical (unpaired) electrons. The van der Waals surface area contributed by atoms with E-state index < -0.39 is 0 Å². The van der Waals surface area contributed by atoms with Crippen LogP contribution in [-0.2, 0) is 0 Å². The van der Waals surface area contributed by atoms with Gasteiger partial charge in [0.1, 0.15) is 0 Å². The fourth-order valence-corrected chi connectivity index (χ4v) is 3.16. The minimum absolute atomic E-state index is 0.179. The molecule has 3 heteroatoms. The fraction of sp³-hybridized carbons (Fsp3) is 0.647. The van der Waals surface area contributed by atoms with Crippen LogP contribution in [-0.4, -0.2) is 61.3 Å². The van der Waals surface area contributed by atoms with Crippen LogP contribution in [0.4, 0.5) is 0 Å². The summed E-state index contributed by atoms with van der Waals surface area (Å²) in [7, 11) is 6.33. The molecule has 0 bridgehead atoms. The number of aliphatic hydroxyl groups is 1. The van der Waals surface area contributed by atoms with Crippen molar-refractivity contribution in [3.8, 4) is 0 Å². The monoisotopic (exact) mass is 276 g/mol. The van der Waals surface area contributed by atoms with Crippen molar-refractivity contribution in [1.29, 1.82) is 0 Å². The topological polar surface area (TPSA) is 26.7 Å². The molecule has 3 nitrogen and oxygen atoms in total. The summed E-state index contributed by atoms with van der Waals surface area (Å²) in [5.74, 6) is 0.589. The lowest BCUT2D eigenvalue weighted by molar-refractivity contribution is 0.0234. The Kier molecular flexibility index (Phi) is 5.58. The molecule has 0 saturated heterocycles. The highest BCUT2D eigenvalue weighted by Crippen LogP contribution is 2.34. The normalized spacial score (nSPS) is 27.2. The Morgan fingerprint density at radius 2 is 1.75 bits per heavy atom. The number of hydrogen-bond acceptors (Lipinski definition) is 3. The van der Waals surface area contributed by atoms with Crippen molar-refractivity contribution >= 4 is 0 Å². The zero-order valence-electron chi connectivity index (χ0n) is 13.0. The average molecular weight is 276 g/mol. The van der Waals surface area contributed by atoms with Gasteiger partial charge in [-0.05, 0) is 51.9 Å². The minimum Gasteiger partial charge on any atom is -0.391 e. The molecule has 1 aliphatic rings. The molecule has 1 aromatic rings. The molecule has 0 aliphatic heterocycles. The van der Waals surface area contributed by atoms with Crippen LogP contribution < -0.4 is 0 Å². The van der Waals surface area contributed by atoms with Crippen LogP contribution in [0.25, 0.3) is 0 Å². The molecule has 0 heterocycles. The quantitative estimate of drug-likeness (QED) is 0.893. The van der Waals surface area contributed by atoms with Crippen molar-refractivity contribution < 1.29 is 5.11 Å². The maximum absolute atomic E-state index is 10.3. The van der Waals surface area contributed by atoms with Crippen molar-refractivity contribution in [2.24, 2.45) is 0 Å². The molecule has 2 rings (SSSR count). The van der Waals surface area contributed by atoms with Gasteiger partial charge >= 0.3 is 0 Å². The van der Waals surface area contributed by atoms with Crippen molar-refractivity contribution in [1.82, 2.24) is 9.80 Å². The van der Waals surface area contributed by atoms with E-state index in [2.05, 4.69) is 61.3 Å². The van der Waals surface area contributed by atoms with E-state index in [0.717, 1.165) is 32.4 Å². The summed E-state index contributed by atoms with van der Waals surface area (Å²) < 4.78 is 0. The van der Waals surface area contributed by atoms with E-state index in [9.17, 15) is 5.11 Å². The average Bonchev–Trinajstić information content (AvgIpc) is 2.46. The molecule has 1 saturated carbocycles. The smallest absolute Gasteiger partial charge is 0.0695 e. The maximum atomic E-state index is 10.3. The Morgan fingerprint density at radius 3 is 2.40 bits per heavy atom. The van der Waals surface area contributed by atoms with Gasteiger partial charge in [-0.15, -0.1) is 0 Å². The van der Waals surface area contributed by atoms with Gasteiger partial charge in [-0.2, -0.15) is 0 Å². The zero-order valence-corrected chi connectivity index (χ0v) is 13.0. The maximum Gasteiger partial charge on any atom is 0.0695 e. The van der Waals surface area contributed by atoms with E-state index in [-0.39, 0.29) is 12.1 Å². The Hall–Kier alpha value is -0.900. The number of aliphatic hydroxyl groups excluding tert-OH is 1. The lowest BCUT2D eigenvalue weighted by Crippen LogP contribution is -2.47. The van der Waals surface area contributed by atoms with E-state index in [1.165, 1.54) is 5.56 Å². The molecule has 112 valence electrons. The molecule has 1 N–H and O–H groups in total. The zero-order chi connectivity index (χ0) is 14.5. The number of hydrogen-bond donors (Lipinski definition) is 1. The summed E-state index contributed by atoms with van der Waals surface area (Å²) in [6.07, 6.45) is 2.90. The molecule has 20 heavy (non-hydrogen) atoms. The van der Waals surface area contributed by atoms with Gasteiger partial charge in [-0.1, -0.05) is 30.3 Å². The molecular weight excluding hydrogens is 248 g/mol. The Bertz CT molecular complexity index is 393. The summed E-state index contributed by atoms with van der Waals surface area (Å²) in [6, 6.07) is 11.0. The predicted molar refractivity (Wildman–Crippen MR) is 84.0 cm³/mol.